The van der Waals surface area contributed by atoms with Gasteiger partial charge < -0.3 is 0 Å². The Morgan fingerprint density at radius 3 is 2.31 bits per heavy atom. The van der Waals surface area contributed by atoms with Crippen molar-refractivity contribution in [3.63, 3.8) is 0 Å². The van der Waals surface area contributed by atoms with E-state index in [0.29, 0.717) is 0 Å². The third-order valence-electron chi connectivity index (χ3n) is 2.76. The Bertz CT molecular complexity index is 276. The van der Waals surface area contributed by atoms with Crippen molar-refractivity contribution >= 4 is 23.2 Å². The molecule has 0 radical (unpaired) electrons. The van der Waals surface area contributed by atoms with Crippen LogP contribution in [-0.2, 0) is 0 Å². The lowest BCUT2D eigenvalue weighted by molar-refractivity contribution is 0.298. The van der Waals surface area contributed by atoms with E-state index >= 15 is 0 Å². The van der Waals surface area contributed by atoms with Crippen molar-refractivity contribution in [2.45, 2.75) is 39.5 Å². The molecule has 1 aliphatic rings. The van der Waals surface area contributed by atoms with E-state index < -0.39 is 0 Å². The molecule has 0 bridgehead atoms. The number of halogens is 2. The molecule has 1 aliphatic carbocycles. The first-order valence-corrected chi connectivity index (χ1v) is 6.90. The SMILES string of the molecule is CCCN(CCC)CC1=C(Cl)CCC=C1Cl. The fraction of sp³-hybridized carbons (Fsp3) is 0.692. The molecular weight excluding hydrogens is 241 g/mol. The van der Waals surface area contributed by atoms with E-state index in [4.69, 9.17) is 23.2 Å². The van der Waals surface area contributed by atoms with Gasteiger partial charge in [0.05, 0.1) is 0 Å². The van der Waals surface area contributed by atoms with Crippen LogP contribution in [0.3, 0.4) is 0 Å². The largest absolute Gasteiger partial charge is 0.299 e. The standard InChI is InChI=1S/C13H21Cl2N/c1-3-8-16(9-4-2)10-11-12(14)6-5-7-13(11)15/h6H,3-5,7-10H2,1-2H3. The third kappa shape index (κ3) is 4.12. The van der Waals surface area contributed by atoms with Gasteiger partial charge in [-0.2, -0.15) is 0 Å². The van der Waals surface area contributed by atoms with Crippen LogP contribution in [0.5, 0.6) is 0 Å². The van der Waals surface area contributed by atoms with Gasteiger partial charge in [-0.15, -0.1) is 0 Å². The van der Waals surface area contributed by atoms with Crippen LogP contribution in [0.15, 0.2) is 21.7 Å². The molecule has 3 heteroatoms. The highest BCUT2D eigenvalue weighted by molar-refractivity contribution is 6.36. The fourth-order valence-electron chi connectivity index (χ4n) is 2.02. The number of rotatable bonds is 6. The van der Waals surface area contributed by atoms with Gasteiger partial charge in [0.2, 0.25) is 0 Å². The summed E-state index contributed by atoms with van der Waals surface area (Å²) in [7, 11) is 0. The molecule has 1 nitrogen and oxygen atoms in total. The number of hydrogen-bond acceptors (Lipinski definition) is 1. The zero-order chi connectivity index (χ0) is 12.0. The lowest BCUT2D eigenvalue weighted by atomic mass is 10.1. The molecular formula is C13H21Cl2N. The van der Waals surface area contributed by atoms with Crippen LogP contribution < -0.4 is 0 Å². The maximum absolute atomic E-state index is 6.25. The van der Waals surface area contributed by atoms with Crippen LogP contribution in [0.4, 0.5) is 0 Å². The summed E-state index contributed by atoms with van der Waals surface area (Å²) in [6, 6.07) is 0. The molecule has 1 rings (SSSR count). The van der Waals surface area contributed by atoms with Gasteiger partial charge in [-0.1, -0.05) is 43.1 Å². The second kappa shape index (κ2) is 7.37. The van der Waals surface area contributed by atoms with Crippen LogP contribution in [0, 0.1) is 0 Å². The maximum Gasteiger partial charge on any atom is 0.0422 e. The van der Waals surface area contributed by atoms with Crippen molar-refractivity contribution < 1.29 is 0 Å². The molecule has 0 amide bonds. The summed E-state index contributed by atoms with van der Waals surface area (Å²) in [4.78, 5) is 2.43. The van der Waals surface area contributed by atoms with Crippen molar-refractivity contribution in [2.24, 2.45) is 0 Å². The maximum atomic E-state index is 6.25. The van der Waals surface area contributed by atoms with Crippen LogP contribution >= 0.6 is 23.2 Å². The van der Waals surface area contributed by atoms with Crippen LogP contribution in [0.25, 0.3) is 0 Å². The van der Waals surface area contributed by atoms with E-state index in [-0.39, 0.29) is 0 Å². The van der Waals surface area contributed by atoms with Gasteiger partial charge >= 0.3 is 0 Å². The normalized spacial score (nSPS) is 16.9. The Labute approximate surface area is 109 Å². The lowest BCUT2D eigenvalue weighted by Crippen LogP contribution is -2.28. The molecule has 0 saturated carbocycles. The van der Waals surface area contributed by atoms with Crippen molar-refractivity contribution in [3.05, 3.63) is 21.7 Å². The summed E-state index contributed by atoms with van der Waals surface area (Å²) in [6.07, 6.45) is 6.35. The molecule has 0 N–H and O–H groups in total. The Hall–Kier alpha value is 0.0200. The van der Waals surface area contributed by atoms with Crippen molar-refractivity contribution in [1.29, 1.82) is 0 Å². The summed E-state index contributed by atoms with van der Waals surface area (Å²) >= 11 is 12.5. The third-order valence-corrected chi connectivity index (χ3v) is 3.56. The first-order chi connectivity index (χ1) is 7.69. The van der Waals surface area contributed by atoms with E-state index in [0.717, 1.165) is 48.1 Å². The van der Waals surface area contributed by atoms with Crippen molar-refractivity contribution in [1.82, 2.24) is 4.90 Å². The second-order valence-electron chi connectivity index (χ2n) is 4.25. The summed E-state index contributed by atoms with van der Waals surface area (Å²) in [5, 5.41) is 1.80. The monoisotopic (exact) mass is 261 g/mol. The summed E-state index contributed by atoms with van der Waals surface area (Å²) in [5.74, 6) is 0. The van der Waals surface area contributed by atoms with E-state index in [1.807, 2.05) is 0 Å². The summed E-state index contributed by atoms with van der Waals surface area (Å²) in [5.41, 5.74) is 1.14. The highest BCUT2D eigenvalue weighted by atomic mass is 35.5. The quantitative estimate of drug-likeness (QED) is 0.680. The number of hydrogen-bond donors (Lipinski definition) is 0. The van der Waals surface area contributed by atoms with Gasteiger partial charge in [0.1, 0.15) is 0 Å². The molecule has 0 aromatic heterocycles. The fourth-order valence-corrected chi connectivity index (χ4v) is 2.62. The first-order valence-electron chi connectivity index (χ1n) is 6.14. The molecule has 0 heterocycles. The van der Waals surface area contributed by atoms with Gasteiger partial charge in [0.15, 0.2) is 0 Å². The molecule has 92 valence electrons. The van der Waals surface area contributed by atoms with Crippen LogP contribution in [0.1, 0.15) is 39.5 Å². The predicted molar refractivity (Wildman–Crippen MR) is 73.1 cm³/mol. The van der Waals surface area contributed by atoms with Gasteiger partial charge in [-0.25, -0.2) is 0 Å². The average Bonchev–Trinajstić information content (AvgIpc) is 2.24. The predicted octanol–water partition coefficient (Wildman–Crippen LogP) is 4.52. The first kappa shape index (κ1) is 14.1. The molecule has 16 heavy (non-hydrogen) atoms. The smallest absolute Gasteiger partial charge is 0.0422 e. The topological polar surface area (TPSA) is 3.24 Å². The minimum atomic E-state index is 0.855. The highest BCUT2D eigenvalue weighted by Crippen LogP contribution is 2.30. The van der Waals surface area contributed by atoms with Gasteiger partial charge in [-0.05, 0) is 44.3 Å². The summed E-state index contributed by atoms with van der Waals surface area (Å²) in [6.45, 7) is 7.54. The Balaban J connectivity index is 2.65. The molecule has 0 fully saturated rings. The van der Waals surface area contributed by atoms with E-state index in [2.05, 4.69) is 24.8 Å². The molecule has 0 aliphatic heterocycles. The molecule has 0 aromatic rings. The number of nitrogens with zero attached hydrogens (tertiary/aromatic N) is 1. The summed E-state index contributed by atoms with van der Waals surface area (Å²) < 4.78 is 0. The Morgan fingerprint density at radius 1 is 1.19 bits per heavy atom. The molecule has 0 spiro atoms. The Morgan fingerprint density at radius 2 is 1.81 bits per heavy atom. The Kier molecular flexibility index (Phi) is 6.48. The van der Waals surface area contributed by atoms with Gasteiger partial charge in [0.25, 0.3) is 0 Å². The van der Waals surface area contributed by atoms with Crippen molar-refractivity contribution in [2.75, 3.05) is 19.6 Å². The minimum absolute atomic E-state index is 0.855. The molecule has 0 atom stereocenters. The zero-order valence-corrected chi connectivity index (χ0v) is 11.7. The molecule has 0 aromatic carbocycles. The van der Waals surface area contributed by atoms with Crippen LogP contribution in [-0.4, -0.2) is 24.5 Å². The van der Waals surface area contributed by atoms with E-state index in [9.17, 15) is 0 Å². The average molecular weight is 262 g/mol. The second-order valence-corrected chi connectivity index (χ2v) is 5.11. The van der Waals surface area contributed by atoms with Gasteiger partial charge in [-0.3, -0.25) is 4.90 Å². The number of allylic oxidation sites excluding steroid dienone is 2. The highest BCUT2D eigenvalue weighted by Gasteiger charge is 2.15. The minimum Gasteiger partial charge on any atom is -0.299 e. The van der Waals surface area contributed by atoms with Gasteiger partial charge in [0, 0.05) is 16.6 Å². The van der Waals surface area contributed by atoms with E-state index in [1.165, 1.54) is 12.8 Å². The lowest BCUT2D eigenvalue weighted by Gasteiger charge is -2.24. The molecule has 0 saturated heterocycles. The van der Waals surface area contributed by atoms with Crippen molar-refractivity contribution in [3.8, 4) is 0 Å². The van der Waals surface area contributed by atoms with E-state index in [1.54, 1.807) is 0 Å². The molecule has 0 unspecified atom stereocenters. The van der Waals surface area contributed by atoms with Crippen LogP contribution in [0.2, 0.25) is 0 Å². The zero-order valence-electron chi connectivity index (χ0n) is 10.2.